The van der Waals surface area contributed by atoms with Crippen LogP contribution in [0, 0.1) is 5.82 Å². The first-order valence-electron chi connectivity index (χ1n) is 5.40. The molecule has 0 unspecified atom stereocenters. The number of likely N-dealkylation sites (N-methyl/N-ethyl adjacent to an activating group) is 1. The van der Waals surface area contributed by atoms with E-state index in [1.807, 2.05) is 0 Å². The number of halogens is 1. The van der Waals surface area contributed by atoms with Crippen LogP contribution in [0.3, 0.4) is 0 Å². The van der Waals surface area contributed by atoms with Gasteiger partial charge in [-0.25, -0.2) is 12.8 Å². The molecule has 0 bridgehead atoms. The van der Waals surface area contributed by atoms with Gasteiger partial charge in [-0.15, -0.1) is 0 Å². The molecule has 2 N–H and O–H groups in total. The van der Waals surface area contributed by atoms with Crippen molar-refractivity contribution in [2.75, 3.05) is 18.9 Å². The predicted octanol–water partition coefficient (Wildman–Crippen LogP) is 0.489. The quantitative estimate of drug-likeness (QED) is 0.824. The fourth-order valence-corrected chi connectivity index (χ4v) is 2.55. The lowest BCUT2D eigenvalue weighted by Crippen LogP contribution is -2.32. The van der Waals surface area contributed by atoms with Crippen molar-refractivity contribution in [2.24, 2.45) is 0 Å². The van der Waals surface area contributed by atoms with Crippen molar-refractivity contribution in [1.82, 2.24) is 4.31 Å². The molecular formula is C11H13FN2O5S. The molecule has 1 aromatic carbocycles. The number of carboxylic acid groups (broad SMARTS) is 1. The SMILES string of the molecule is CC(=O)Nc1cc(S(=O)(=O)N(C)CC(=O)O)ccc1F. The van der Waals surface area contributed by atoms with E-state index in [-0.39, 0.29) is 10.6 Å². The van der Waals surface area contributed by atoms with Crippen molar-refractivity contribution in [1.29, 1.82) is 0 Å². The van der Waals surface area contributed by atoms with Crippen LogP contribution >= 0.6 is 0 Å². The summed E-state index contributed by atoms with van der Waals surface area (Å²) in [5.41, 5.74) is -0.290. The molecule has 0 heterocycles. The van der Waals surface area contributed by atoms with Gasteiger partial charge < -0.3 is 10.4 Å². The highest BCUT2D eigenvalue weighted by molar-refractivity contribution is 7.89. The number of carbonyl (C=O) groups excluding carboxylic acids is 1. The molecule has 1 rings (SSSR count). The zero-order valence-electron chi connectivity index (χ0n) is 10.8. The van der Waals surface area contributed by atoms with E-state index in [0.717, 1.165) is 32.2 Å². The van der Waals surface area contributed by atoms with Crippen molar-refractivity contribution in [3.63, 3.8) is 0 Å². The van der Waals surface area contributed by atoms with Crippen molar-refractivity contribution >= 4 is 27.6 Å². The summed E-state index contributed by atoms with van der Waals surface area (Å²) in [4.78, 5) is 21.1. The Morgan fingerprint density at radius 1 is 1.40 bits per heavy atom. The van der Waals surface area contributed by atoms with Crippen molar-refractivity contribution in [2.45, 2.75) is 11.8 Å². The van der Waals surface area contributed by atoms with E-state index < -0.39 is 34.3 Å². The highest BCUT2D eigenvalue weighted by Gasteiger charge is 2.24. The van der Waals surface area contributed by atoms with Gasteiger partial charge in [-0.1, -0.05) is 0 Å². The Morgan fingerprint density at radius 2 is 2.00 bits per heavy atom. The minimum absolute atomic E-state index is 0.290. The number of nitrogens with one attached hydrogen (secondary N) is 1. The molecule has 9 heteroatoms. The number of anilines is 1. The molecule has 0 radical (unpaired) electrons. The first kappa shape index (κ1) is 16.1. The van der Waals surface area contributed by atoms with Gasteiger partial charge in [0.05, 0.1) is 10.6 Å². The van der Waals surface area contributed by atoms with Crippen LogP contribution in [0.4, 0.5) is 10.1 Å². The topological polar surface area (TPSA) is 104 Å². The Labute approximate surface area is 115 Å². The molecule has 7 nitrogen and oxygen atoms in total. The normalized spacial score (nSPS) is 11.4. The fourth-order valence-electron chi connectivity index (χ4n) is 1.41. The van der Waals surface area contributed by atoms with Crippen LogP contribution in [0.5, 0.6) is 0 Å². The van der Waals surface area contributed by atoms with Gasteiger partial charge in [0.25, 0.3) is 0 Å². The van der Waals surface area contributed by atoms with Gasteiger partial charge in [0.2, 0.25) is 15.9 Å². The smallest absolute Gasteiger partial charge is 0.318 e. The summed E-state index contributed by atoms with van der Waals surface area (Å²) in [7, 11) is -2.99. The Morgan fingerprint density at radius 3 is 2.50 bits per heavy atom. The number of hydrogen-bond donors (Lipinski definition) is 2. The zero-order chi connectivity index (χ0) is 15.5. The molecule has 0 spiro atoms. The summed E-state index contributed by atoms with van der Waals surface area (Å²) in [6, 6.07) is 2.81. The Bertz CT molecular complexity index is 644. The third-order valence-electron chi connectivity index (χ3n) is 2.31. The second-order valence-electron chi connectivity index (χ2n) is 3.98. The summed E-state index contributed by atoms with van der Waals surface area (Å²) < 4.78 is 38.1. The van der Waals surface area contributed by atoms with Crippen LogP contribution in [0.1, 0.15) is 6.92 Å². The van der Waals surface area contributed by atoms with E-state index in [1.54, 1.807) is 0 Å². The van der Waals surface area contributed by atoms with Gasteiger partial charge in [-0.05, 0) is 18.2 Å². The molecule has 20 heavy (non-hydrogen) atoms. The van der Waals surface area contributed by atoms with Gasteiger partial charge in [0.15, 0.2) is 0 Å². The van der Waals surface area contributed by atoms with Gasteiger partial charge in [-0.3, -0.25) is 9.59 Å². The summed E-state index contributed by atoms with van der Waals surface area (Å²) in [6.45, 7) is 0.423. The molecule has 1 amide bonds. The largest absolute Gasteiger partial charge is 0.480 e. The van der Waals surface area contributed by atoms with E-state index in [2.05, 4.69) is 5.32 Å². The lowest BCUT2D eigenvalue weighted by molar-refractivity contribution is -0.137. The fraction of sp³-hybridized carbons (Fsp3) is 0.273. The van der Waals surface area contributed by atoms with Gasteiger partial charge in [0.1, 0.15) is 12.4 Å². The Balaban J connectivity index is 3.19. The molecule has 110 valence electrons. The number of amides is 1. The van der Waals surface area contributed by atoms with Crippen LogP contribution in [-0.4, -0.2) is 43.3 Å². The van der Waals surface area contributed by atoms with E-state index in [0.29, 0.717) is 4.31 Å². The number of carboxylic acids is 1. The van der Waals surface area contributed by atoms with Crippen LogP contribution in [-0.2, 0) is 19.6 Å². The van der Waals surface area contributed by atoms with Crippen molar-refractivity contribution in [3.05, 3.63) is 24.0 Å². The van der Waals surface area contributed by atoms with Crippen LogP contribution in [0.25, 0.3) is 0 Å². The second-order valence-corrected chi connectivity index (χ2v) is 6.02. The Kier molecular flexibility index (Phi) is 4.79. The maximum atomic E-state index is 13.4. The molecule has 0 atom stereocenters. The molecule has 0 aromatic heterocycles. The lowest BCUT2D eigenvalue weighted by atomic mass is 10.3. The number of hydrogen-bond acceptors (Lipinski definition) is 4. The average Bonchev–Trinajstić information content (AvgIpc) is 2.30. The number of carbonyl (C=O) groups is 2. The van der Waals surface area contributed by atoms with E-state index in [1.165, 1.54) is 0 Å². The first-order chi connectivity index (χ1) is 9.14. The third kappa shape index (κ3) is 3.75. The standard InChI is InChI=1S/C11H13FN2O5S/c1-7(15)13-10-5-8(3-4-9(10)12)20(18,19)14(2)6-11(16)17/h3-5H,6H2,1-2H3,(H,13,15)(H,16,17). The summed E-state index contributed by atoms with van der Waals surface area (Å²) in [5.74, 6) is -2.67. The molecule has 0 fully saturated rings. The number of sulfonamides is 1. The molecule has 1 aromatic rings. The lowest BCUT2D eigenvalue weighted by Gasteiger charge is -2.15. The maximum Gasteiger partial charge on any atom is 0.318 e. The highest BCUT2D eigenvalue weighted by Crippen LogP contribution is 2.21. The van der Waals surface area contributed by atoms with Crippen LogP contribution < -0.4 is 5.32 Å². The van der Waals surface area contributed by atoms with Crippen LogP contribution in [0.15, 0.2) is 23.1 Å². The highest BCUT2D eigenvalue weighted by atomic mass is 32.2. The molecule has 0 aliphatic heterocycles. The minimum atomic E-state index is -4.07. The third-order valence-corrected chi connectivity index (χ3v) is 4.11. The summed E-state index contributed by atoms with van der Waals surface area (Å²) >= 11 is 0. The van der Waals surface area contributed by atoms with E-state index in [9.17, 15) is 22.4 Å². The number of rotatable bonds is 5. The van der Waals surface area contributed by atoms with E-state index >= 15 is 0 Å². The molecule has 0 aliphatic carbocycles. The van der Waals surface area contributed by atoms with Gasteiger partial charge in [-0.2, -0.15) is 4.31 Å². The molecular weight excluding hydrogens is 291 g/mol. The van der Waals surface area contributed by atoms with Crippen molar-refractivity contribution < 1.29 is 27.5 Å². The first-order valence-corrected chi connectivity index (χ1v) is 6.84. The van der Waals surface area contributed by atoms with Crippen LogP contribution in [0.2, 0.25) is 0 Å². The number of aliphatic carboxylic acids is 1. The minimum Gasteiger partial charge on any atom is -0.480 e. The second kappa shape index (κ2) is 5.97. The van der Waals surface area contributed by atoms with Gasteiger partial charge in [0, 0.05) is 14.0 Å². The zero-order valence-corrected chi connectivity index (χ0v) is 11.6. The van der Waals surface area contributed by atoms with Crippen molar-refractivity contribution in [3.8, 4) is 0 Å². The molecule has 0 saturated carbocycles. The molecule has 0 saturated heterocycles. The summed E-state index contributed by atoms with van der Waals surface area (Å²) in [6.07, 6.45) is 0. The van der Waals surface area contributed by atoms with E-state index in [4.69, 9.17) is 5.11 Å². The number of nitrogens with zero attached hydrogens (tertiary/aromatic N) is 1. The predicted molar refractivity (Wildman–Crippen MR) is 68.2 cm³/mol. The molecule has 0 aliphatic rings. The monoisotopic (exact) mass is 304 g/mol. The average molecular weight is 304 g/mol. The van der Waals surface area contributed by atoms with Gasteiger partial charge >= 0.3 is 5.97 Å². The Hall–Kier alpha value is -2.00. The summed E-state index contributed by atoms with van der Waals surface area (Å²) in [5, 5.41) is 10.7. The number of benzene rings is 1. The maximum absolute atomic E-state index is 13.4.